The van der Waals surface area contributed by atoms with Crippen LogP contribution in [0.2, 0.25) is 0 Å². The van der Waals surface area contributed by atoms with Crippen molar-refractivity contribution in [2.75, 3.05) is 31.1 Å². The topological polar surface area (TPSA) is 75.7 Å². The van der Waals surface area contributed by atoms with E-state index in [1.54, 1.807) is 4.90 Å². The number of nitrogens with one attached hydrogen (secondary N) is 1. The zero-order valence-electron chi connectivity index (χ0n) is 14.2. The lowest BCUT2D eigenvalue weighted by atomic mass is 10.2. The Hall–Kier alpha value is -0.820. The molecule has 0 spiro atoms. The van der Waals surface area contributed by atoms with E-state index in [1.807, 2.05) is 27.7 Å². The molecule has 1 saturated heterocycles. The van der Waals surface area contributed by atoms with E-state index >= 15 is 0 Å². The molecule has 0 aliphatic carbocycles. The molecule has 1 atom stereocenters. The molecule has 1 fully saturated rings. The highest BCUT2D eigenvalue weighted by atomic mass is 32.2. The molecule has 1 aliphatic rings. The minimum Gasteiger partial charge on any atom is -0.444 e. The number of hydrogen-bond donors (Lipinski definition) is 1. The van der Waals surface area contributed by atoms with E-state index in [0.29, 0.717) is 31.8 Å². The lowest BCUT2D eigenvalue weighted by Gasteiger charge is -2.28. The summed E-state index contributed by atoms with van der Waals surface area (Å²) in [5, 5.41) is 3.26. The maximum absolute atomic E-state index is 12.1. The van der Waals surface area contributed by atoms with Crippen LogP contribution in [-0.2, 0) is 14.6 Å². The summed E-state index contributed by atoms with van der Waals surface area (Å²) in [7, 11) is -2.90. The van der Waals surface area contributed by atoms with Crippen molar-refractivity contribution >= 4 is 15.9 Å². The van der Waals surface area contributed by atoms with Gasteiger partial charge in [0.2, 0.25) is 0 Å². The van der Waals surface area contributed by atoms with Gasteiger partial charge in [0.1, 0.15) is 5.60 Å². The third kappa shape index (κ3) is 7.45. The molecule has 22 heavy (non-hydrogen) atoms. The predicted molar refractivity (Wildman–Crippen MR) is 87.8 cm³/mol. The van der Waals surface area contributed by atoms with Crippen LogP contribution in [0, 0.1) is 0 Å². The second-order valence-electron chi connectivity index (χ2n) is 6.88. The molecule has 0 radical (unpaired) electrons. The van der Waals surface area contributed by atoms with Gasteiger partial charge in [-0.1, -0.05) is 6.92 Å². The van der Waals surface area contributed by atoms with E-state index in [9.17, 15) is 13.2 Å². The summed E-state index contributed by atoms with van der Waals surface area (Å²) in [6, 6.07) is 0.000799. The quantitative estimate of drug-likeness (QED) is 0.801. The van der Waals surface area contributed by atoms with E-state index in [-0.39, 0.29) is 17.9 Å². The lowest BCUT2D eigenvalue weighted by Crippen LogP contribution is -2.45. The first kappa shape index (κ1) is 19.2. The zero-order chi connectivity index (χ0) is 16.8. The second-order valence-corrected chi connectivity index (χ2v) is 9.10. The van der Waals surface area contributed by atoms with Gasteiger partial charge < -0.3 is 15.0 Å². The summed E-state index contributed by atoms with van der Waals surface area (Å²) < 4.78 is 28.6. The molecule has 0 bridgehead atoms. The highest BCUT2D eigenvalue weighted by Gasteiger charge is 2.25. The van der Waals surface area contributed by atoms with Gasteiger partial charge >= 0.3 is 6.09 Å². The molecule has 0 saturated carbocycles. The van der Waals surface area contributed by atoms with Crippen LogP contribution in [0.3, 0.4) is 0 Å². The highest BCUT2D eigenvalue weighted by molar-refractivity contribution is 7.91. The fourth-order valence-electron chi connectivity index (χ4n) is 2.48. The lowest BCUT2D eigenvalue weighted by molar-refractivity contribution is 0.0250. The molecule has 6 nitrogen and oxygen atoms in total. The Bertz CT molecular complexity index is 457. The molecule has 0 aromatic rings. The van der Waals surface area contributed by atoms with Gasteiger partial charge in [-0.15, -0.1) is 0 Å². The normalized spacial score (nSPS) is 21.4. The number of rotatable bonds is 6. The van der Waals surface area contributed by atoms with Crippen molar-refractivity contribution in [3.8, 4) is 0 Å². The Morgan fingerprint density at radius 3 is 2.55 bits per heavy atom. The van der Waals surface area contributed by atoms with Gasteiger partial charge in [-0.2, -0.15) is 0 Å². The minimum absolute atomic E-state index is 0.000799. The summed E-state index contributed by atoms with van der Waals surface area (Å²) in [4.78, 5) is 13.8. The van der Waals surface area contributed by atoms with Gasteiger partial charge in [0, 0.05) is 25.7 Å². The van der Waals surface area contributed by atoms with Crippen LogP contribution in [0.5, 0.6) is 0 Å². The Balaban J connectivity index is 2.42. The van der Waals surface area contributed by atoms with Crippen molar-refractivity contribution in [2.45, 2.75) is 58.6 Å². The van der Waals surface area contributed by atoms with Crippen LogP contribution in [0.4, 0.5) is 4.79 Å². The van der Waals surface area contributed by atoms with Crippen molar-refractivity contribution in [3.05, 3.63) is 0 Å². The molecular formula is C15H30N2O4S. The minimum atomic E-state index is -2.90. The van der Waals surface area contributed by atoms with Gasteiger partial charge in [-0.05, 0) is 40.0 Å². The number of carbonyl (C=O) groups excluding carboxylic acids is 1. The average molecular weight is 334 g/mol. The number of ether oxygens (including phenoxy) is 1. The summed E-state index contributed by atoms with van der Waals surface area (Å²) >= 11 is 0. The highest BCUT2D eigenvalue weighted by Crippen LogP contribution is 2.12. The molecule has 1 amide bonds. The van der Waals surface area contributed by atoms with Crippen molar-refractivity contribution < 1.29 is 17.9 Å². The number of sulfone groups is 1. The van der Waals surface area contributed by atoms with Crippen LogP contribution in [0.15, 0.2) is 0 Å². The first-order valence-corrected chi connectivity index (χ1v) is 9.87. The van der Waals surface area contributed by atoms with E-state index in [0.717, 1.165) is 12.8 Å². The average Bonchev–Trinajstić information content (AvgIpc) is 2.34. The number of hydrogen-bond acceptors (Lipinski definition) is 5. The number of carbonyl (C=O) groups is 1. The smallest absolute Gasteiger partial charge is 0.410 e. The Kier molecular flexibility index (Phi) is 7.12. The first-order chi connectivity index (χ1) is 10.1. The van der Waals surface area contributed by atoms with Crippen molar-refractivity contribution in [1.82, 2.24) is 10.2 Å². The van der Waals surface area contributed by atoms with Crippen molar-refractivity contribution in [2.24, 2.45) is 0 Å². The second kappa shape index (κ2) is 8.15. The molecule has 0 aromatic carbocycles. The van der Waals surface area contributed by atoms with E-state index < -0.39 is 15.4 Å². The largest absolute Gasteiger partial charge is 0.444 e. The molecular weight excluding hydrogens is 304 g/mol. The molecule has 1 N–H and O–H groups in total. The maximum Gasteiger partial charge on any atom is 0.410 e. The zero-order valence-corrected chi connectivity index (χ0v) is 15.0. The standard InChI is InChI=1S/C15H30N2O4S/c1-5-9-17(14(18)21-15(2,3)4)10-8-16-13-7-6-11-22(19,20)12-13/h13,16H,5-12H2,1-4H3. The molecule has 1 aliphatic heterocycles. The van der Waals surface area contributed by atoms with Gasteiger partial charge in [0.05, 0.1) is 11.5 Å². The van der Waals surface area contributed by atoms with Gasteiger partial charge in [-0.3, -0.25) is 0 Å². The van der Waals surface area contributed by atoms with Crippen LogP contribution in [0.25, 0.3) is 0 Å². The van der Waals surface area contributed by atoms with Crippen molar-refractivity contribution in [1.29, 1.82) is 0 Å². The van der Waals surface area contributed by atoms with E-state index in [4.69, 9.17) is 4.74 Å². The molecule has 1 heterocycles. The van der Waals surface area contributed by atoms with Crippen LogP contribution in [0.1, 0.15) is 47.0 Å². The molecule has 1 unspecified atom stereocenters. The fraction of sp³-hybridized carbons (Fsp3) is 0.933. The molecule has 7 heteroatoms. The van der Waals surface area contributed by atoms with Crippen molar-refractivity contribution in [3.63, 3.8) is 0 Å². The van der Waals surface area contributed by atoms with E-state index in [1.165, 1.54) is 0 Å². The summed E-state index contributed by atoms with van der Waals surface area (Å²) in [6.07, 6.45) is 2.13. The van der Waals surface area contributed by atoms with Crippen LogP contribution < -0.4 is 5.32 Å². The Morgan fingerprint density at radius 2 is 2.00 bits per heavy atom. The number of nitrogens with zero attached hydrogens (tertiary/aromatic N) is 1. The van der Waals surface area contributed by atoms with Crippen LogP contribution >= 0.6 is 0 Å². The Morgan fingerprint density at radius 1 is 1.32 bits per heavy atom. The molecule has 1 rings (SSSR count). The molecule has 0 aromatic heterocycles. The van der Waals surface area contributed by atoms with E-state index in [2.05, 4.69) is 5.32 Å². The SMILES string of the molecule is CCCN(CCNC1CCCS(=O)(=O)C1)C(=O)OC(C)(C)C. The fourth-order valence-corrected chi connectivity index (χ4v) is 4.15. The summed E-state index contributed by atoms with van der Waals surface area (Å²) in [5.41, 5.74) is -0.506. The maximum atomic E-state index is 12.1. The summed E-state index contributed by atoms with van der Waals surface area (Å²) in [5.74, 6) is 0.498. The third-order valence-corrected chi connectivity index (χ3v) is 5.24. The third-order valence-electron chi connectivity index (χ3n) is 3.42. The van der Waals surface area contributed by atoms with Gasteiger partial charge in [-0.25, -0.2) is 13.2 Å². The summed E-state index contributed by atoms with van der Waals surface area (Å²) in [6.45, 7) is 9.30. The monoisotopic (exact) mass is 334 g/mol. The predicted octanol–water partition coefficient (Wildman–Crippen LogP) is 1.80. The number of amides is 1. The van der Waals surface area contributed by atoms with Crippen LogP contribution in [-0.4, -0.2) is 62.2 Å². The van der Waals surface area contributed by atoms with Gasteiger partial charge in [0.15, 0.2) is 9.84 Å². The first-order valence-electron chi connectivity index (χ1n) is 8.04. The molecule has 130 valence electrons. The Labute approximate surface area is 134 Å². The van der Waals surface area contributed by atoms with Gasteiger partial charge in [0.25, 0.3) is 0 Å².